The van der Waals surface area contributed by atoms with Crippen LogP contribution in [0.3, 0.4) is 0 Å². The quantitative estimate of drug-likeness (QED) is 0.480. The van der Waals surface area contributed by atoms with Crippen molar-refractivity contribution < 1.29 is 9.59 Å². The molecule has 9 heteroatoms. The maximum atomic E-state index is 12.5. The van der Waals surface area contributed by atoms with Gasteiger partial charge in [0, 0.05) is 18.8 Å². The van der Waals surface area contributed by atoms with Crippen LogP contribution in [0.2, 0.25) is 0 Å². The van der Waals surface area contributed by atoms with Crippen LogP contribution in [-0.2, 0) is 9.59 Å². The van der Waals surface area contributed by atoms with Crippen LogP contribution in [-0.4, -0.2) is 52.0 Å². The maximum absolute atomic E-state index is 12.5. The molecule has 0 bridgehead atoms. The maximum Gasteiger partial charge on any atom is 0.243 e. The van der Waals surface area contributed by atoms with E-state index in [2.05, 4.69) is 37.9 Å². The van der Waals surface area contributed by atoms with Crippen molar-refractivity contribution in [3.63, 3.8) is 0 Å². The van der Waals surface area contributed by atoms with E-state index in [0.29, 0.717) is 5.16 Å². The molecule has 0 atom stereocenters. The summed E-state index contributed by atoms with van der Waals surface area (Å²) in [7, 11) is 0. The second-order valence-corrected chi connectivity index (χ2v) is 9.45. The Morgan fingerprint density at radius 2 is 1.71 bits per heavy atom. The molecule has 0 unspecified atom stereocenters. The summed E-state index contributed by atoms with van der Waals surface area (Å²) in [5.41, 5.74) is 5.01. The molecule has 1 aromatic heterocycles. The summed E-state index contributed by atoms with van der Waals surface area (Å²) in [4.78, 5) is 27.0. The van der Waals surface area contributed by atoms with E-state index in [-0.39, 0.29) is 24.1 Å². The number of anilines is 2. The van der Waals surface area contributed by atoms with Gasteiger partial charge in [0.25, 0.3) is 0 Å². The number of carbonyl (C=O) groups is 2. The predicted molar refractivity (Wildman–Crippen MR) is 136 cm³/mol. The number of hydrogen-bond acceptors (Lipinski definition) is 6. The molecule has 1 aliphatic heterocycles. The van der Waals surface area contributed by atoms with Crippen LogP contribution >= 0.6 is 11.8 Å². The van der Waals surface area contributed by atoms with E-state index in [9.17, 15) is 9.59 Å². The number of carbonyl (C=O) groups excluding carboxylic acids is 2. The summed E-state index contributed by atoms with van der Waals surface area (Å²) in [5.74, 6) is 0.450. The van der Waals surface area contributed by atoms with Gasteiger partial charge in [-0.1, -0.05) is 41.6 Å². The summed E-state index contributed by atoms with van der Waals surface area (Å²) in [5, 5.41) is 15.0. The lowest BCUT2D eigenvalue weighted by molar-refractivity contribution is -0.122. The van der Waals surface area contributed by atoms with Gasteiger partial charge in [-0.3, -0.25) is 14.2 Å². The van der Waals surface area contributed by atoms with Gasteiger partial charge < -0.3 is 15.5 Å². The Labute approximate surface area is 204 Å². The van der Waals surface area contributed by atoms with Crippen molar-refractivity contribution in [2.45, 2.75) is 38.8 Å². The molecule has 0 spiro atoms. The largest absolute Gasteiger partial charge is 0.346 e. The van der Waals surface area contributed by atoms with Crippen LogP contribution in [0.15, 0.2) is 47.6 Å². The minimum absolute atomic E-state index is 0.0868. The van der Waals surface area contributed by atoms with Crippen molar-refractivity contribution in [1.82, 2.24) is 20.1 Å². The van der Waals surface area contributed by atoms with Gasteiger partial charge in [0.2, 0.25) is 17.8 Å². The third-order valence-electron chi connectivity index (χ3n) is 5.95. The summed E-state index contributed by atoms with van der Waals surface area (Å²) in [6, 6.07) is 13.9. The number of aryl methyl sites for hydroxylation is 2. The zero-order valence-electron chi connectivity index (χ0n) is 19.8. The highest BCUT2D eigenvalue weighted by Crippen LogP contribution is 2.28. The van der Waals surface area contributed by atoms with E-state index in [1.165, 1.54) is 17.3 Å². The predicted octanol–water partition coefficient (Wildman–Crippen LogP) is 3.64. The van der Waals surface area contributed by atoms with Crippen LogP contribution in [0.1, 0.15) is 29.5 Å². The molecule has 2 heterocycles. The first-order valence-corrected chi connectivity index (χ1v) is 12.4. The third kappa shape index (κ3) is 5.59. The van der Waals surface area contributed by atoms with E-state index in [1.54, 1.807) is 0 Å². The Bertz CT molecular complexity index is 1170. The second kappa shape index (κ2) is 10.7. The number of aromatic nitrogens is 3. The Kier molecular flexibility index (Phi) is 7.52. The van der Waals surface area contributed by atoms with Gasteiger partial charge in [-0.25, -0.2) is 0 Å². The van der Waals surface area contributed by atoms with Crippen molar-refractivity contribution in [3.8, 4) is 5.69 Å². The van der Waals surface area contributed by atoms with Gasteiger partial charge in [-0.15, -0.1) is 10.2 Å². The van der Waals surface area contributed by atoms with Gasteiger partial charge in [0.15, 0.2) is 5.16 Å². The average Bonchev–Trinajstić information content (AvgIpc) is 3.50. The topological polar surface area (TPSA) is 92.2 Å². The lowest BCUT2D eigenvalue weighted by Crippen LogP contribution is -2.34. The normalized spacial score (nSPS) is 13.2. The molecule has 8 nitrogen and oxygen atoms in total. The standard InChI is InChI=1S/C25H30N6O2S/c1-17-9-11-20(12-10-17)31-24(30-13-4-5-14-30)28-29-25(31)34-16-23(33)26-15-22(32)27-21-8-6-7-18(2)19(21)3/h6-12H,4-5,13-16H2,1-3H3,(H,26,33)(H,27,32). The highest BCUT2D eigenvalue weighted by molar-refractivity contribution is 7.99. The molecule has 1 fully saturated rings. The van der Waals surface area contributed by atoms with Gasteiger partial charge in [0.05, 0.1) is 18.0 Å². The van der Waals surface area contributed by atoms with Crippen molar-refractivity contribution in [2.24, 2.45) is 0 Å². The first kappa shape index (κ1) is 23.8. The van der Waals surface area contributed by atoms with Crippen LogP contribution in [0.5, 0.6) is 0 Å². The summed E-state index contributed by atoms with van der Waals surface area (Å²) in [6.07, 6.45) is 2.27. The highest BCUT2D eigenvalue weighted by Gasteiger charge is 2.23. The molecular formula is C25H30N6O2S. The number of hydrogen-bond donors (Lipinski definition) is 2. The molecule has 34 heavy (non-hydrogen) atoms. The van der Waals surface area contributed by atoms with Crippen molar-refractivity contribution in [1.29, 1.82) is 0 Å². The van der Waals surface area contributed by atoms with Gasteiger partial charge in [0.1, 0.15) is 0 Å². The third-order valence-corrected chi connectivity index (χ3v) is 6.88. The van der Waals surface area contributed by atoms with Crippen LogP contribution in [0.4, 0.5) is 11.6 Å². The van der Waals surface area contributed by atoms with Gasteiger partial charge in [-0.2, -0.15) is 0 Å². The Balaban J connectivity index is 1.38. The number of amides is 2. The Morgan fingerprint density at radius 1 is 0.971 bits per heavy atom. The molecule has 0 radical (unpaired) electrons. The van der Waals surface area contributed by atoms with Gasteiger partial charge >= 0.3 is 0 Å². The fraction of sp³-hybridized carbons (Fsp3) is 0.360. The van der Waals surface area contributed by atoms with Crippen LogP contribution in [0.25, 0.3) is 5.69 Å². The van der Waals surface area contributed by atoms with Gasteiger partial charge in [-0.05, 0) is 62.9 Å². The molecule has 3 aromatic rings. The van der Waals surface area contributed by atoms with E-state index < -0.39 is 0 Å². The molecule has 4 rings (SSSR count). The van der Waals surface area contributed by atoms with E-state index in [1.807, 2.05) is 55.7 Å². The highest BCUT2D eigenvalue weighted by atomic mass is 32.2. The lowest BCUT2D eigenvalue weighted by atomic mass is 10.1. The Morgan fingerprint density at radius 3 is 2.44 bits per heavy atom. The summed E-state index contributed by atoms with van der Waals surface area (Å²) in [6.45, 7) is 7.81. The van der Waals surface area contributed by atoms with Crippen LogP contribution < -0.4 is 15.5 Å². The molecule has 0 aliphatic carbocycles. The van der Waals surface area contributed by atoms with E-state index >= 15 is 0 Å². The molecule has 2 N–H and O–H groups in total. The number of nitrogens with zero attached hydrogens (tertiary/aromatic N) is 4. The monoisotopic (exact) mass is 478 g/mol. The molecule has 2 amide bonds. The number of rotatable bonds is 8. The smallest absolute Gasteiger partial charge is 0.243 e. The van der Waals surface area contributed by atoms with Crippen LogP contribution in [0, 0.1) is 20.8 Å². The first-order valence-electron chi connectivity index (χ1n) is 11.5. The fourth-order valence-corrected chi connectivity index (χ4v) is 4.62. The van der Waals surface area contributed by atoms with E-state index in [0.717, 1.165) is 54.4 Å². The molecule has 1 aliphatic rings. The molecular weight excluding hydrogens is 448 g/mol. The zero-order chi connectivity index (χ0) is 24.1. The minimum atomic E-state index is -0.258. The molecule has 178 valence electrons. The van der Waals surface area contributed by atoms with E-state index in [4.69, 9.17) is 0 Å². The zero-order valence-corrected chi connectivity index (χ0v) is 20.6. The second-order valence-electron chi connectivity index (χ2n) is 8.51. The SMILES string of the molecule is Cc1ccc(-n2c(SCC(=O)NCC(=O)Nc3cccc(C)c3C)nnc2N2CCCC2)cc1. The summed E-state index contributed by atoms with van der Waals surface area (Å²) < 4.78 is 2.01. The lowest BCUT2D eigenvalue weighted by Gasteiger charge is -2.18. The number of benzene rings is 2. The molecule has 0 saturated carbocycles. The first-order chi connectivity index (χ1) is 16.4. The minimum Gasteiger partial charge on any atom is -0.346 e. The molecule has 2 aromatic carbocycles. The number of nitrogens with one attached hydrogen (secondary N) is 2. The molecule has 1 saturated heterocycles. The van der Waals surface area contributed by atoms with Crippen molar-refractivity contribution in [2.75, 3.05) is 35.6 Å². The van der Waals surface area contributed by atoms with Crippen molar-refractivity contribution in [3.05, 3.63) is 59.2 Å². The van der Waals surface area contributed by atoms with Crippen molar-refractivity contribution >= 4 is 35.2 Å². The summed E-state index contributed by atoms with van der Waals surface area (Å²) >= 11 is 1.31. The Hall–Kier alpha value is -3.33. The average molecular weight is 479 g/mol. The number of thioether (sulfide) groups is 1. The fourth-order valence-electron chi connectivity index (χ4n) is 3.84.